The number of hydrogen-bond acceptors (Lipinski definition) is 3. The van der Waals surface area contributed by atoms with E-state index in [4.69, 9.17) is 0 Å². The summed E-state index contributed by atoms with van der Waals surface area (Å²) in [6.45, 7) is 9.87. The topological polar surface area (TPSA) is 56.0 Å². The van der Waals surface area contributed by atoms with Crippen molar-refractivity contribution < 1.29 is 4.79 Å². The van der Waals surface area contributed by atoms with Gasteiger partial charge in [-0.1, -0.05) is 6.92 Å². The molecule has 2 rings (SSSR count). The van der Waals surface area contributed by atoms with E-state index in [1.165, 1.54) is 0 Å². The number of aromatic nitrogens is 4. The average molecular weight is 382 g/mol. The first-order chi connectivity index (χ1) is 10.8. The van der Waals surface area contributed by atoms with Gasteiger partial charge in [-0.15, -0.1) is 0 Å². The predicted octanol–water partition coefficient (Wildman–Crippen LogP) is 2.77. The van der Waals surface area contributed by atoms with Crippen LogP contribution in [-0.4, -0.2) is 37.4 Å². The van der Waals surface area contributed by atoms with Gasteiger partial charge in [0.2, 0.25) is 5.91 Å². The van der Waals surface area contributed by atoms with Crippen molar-refractivity contribution in [3.8, 4) is 0 Å². The lowest BCUT2D eigenvalue weighted by atomic mass is 10.1. The van der Waals surface area contributed by atoms with Crippen LogP contribution in [0.2, 0.25) is 0 Å². The van der Waals surface area contributed by atoms with Crippen LogP contribution >= 0.6 is 15.9 Å². The molecule has 2 aromatic rings. The zero-order chi connectivity index (χ0) is 17.1. The molecular formula is C16H24BrN5O. The summed E-state index contributed by atoms with van der Waals surface area (Å²) in [6.07, 6.45) is 1.94. The Balaban J connectivity index is 1.99. The minimum Gasteiger partial charge on any atom is -0.339 e. The van der Waals surface area contributed by atoms with E-state index in [9.17, 15) is 4.79 Å². The molecule has 1 atom stereocenters. The van der Waals surface area contributed by atoms with E-state index in [1.807, 2.05) is 56.4 Å². The van der Waals surface area contributed by atoms with Gasteiger partial charge in [-0.3, -0.25) is 14.2 Å². The number of hydrogen-bond donors (Lipinski definition) is 0. The molecule has 7 heteroatoms. The standard InChI is InChI=1S/C16H24BrN5O/c1-6-21-8-7-14(19-21)10-20(5)16(23)11(2)9-22-13(4)15(17)12(3)18-22/h7-8,11H,6,9-10H2,1-5H3. The van der Waals surface area contributed by atoms with Gasteiger partial charge in [-0.25, -0.2) is 0 Å². The summed E-state index contributed by atoms with van der Waals surface area (Å²) in [7, 11) is 1.82. The second-order valence-corrected chi connectivity index (χ2v) is 6.72. The fraction of sp³-hybridized carbons (Fsp3) is 0.562. The monoisotopic (exact) mass is 381 g/mol. The molecule has 0 saturated carbocycles. The fourth-order valence-electron chi connectivity index (χ4n) is 2.55. The van der Waals surface area contributed by atoms with Gasteiger partial charge in [0, 0.05) is 25.5 Å². The number of nitrogens with zero attached hydrogens (tertiary/aromatic N) is 5. The van der Waals surface area contributed by atoms with Crippen molar-refractivity contribution >= 4 is 21.8 Å². The Kier molecular flexibility index (Phi) is 5.62. The Bertz CT molecular complexity index is 691. The van der Waals surface area contributed by atoms with Gasteiger partial charge in [0.15, 0.2) is 0 Å². The van der Waals surface area contributed by atoms with Crippen molar-refractivity contribution in [2.75, 3.05) is 7.05 Å². The van der Waals surface area contributed by atoms with Gasteiger partial charge in [0.1, 0.15) is 0 Å². The third-order valence-corrected chi connectivity index (χ3v) is 5.10. The molecule has 2 heterocycles. The smallest absolute Gasteiger partial charge is 0.227 e. The SMILES string of the molecule is CCn1ccc(CN(C)C(=O)C(C)Cn2nc(C)c(Br)c2C)n1. The van der Waals surface area contributed by atoms with E-state index in [-0.39, 0.29) is 11.8 Å². The maximum atomic E-state index is 12.6. The van der Waals surface area contributed by atoms with Gasteiger partial charge in [0.25, 0.3) is 0 Å². The molecule has 1 amide bonds. The fourth-order valence-corrected chi connectivity index (χ4v) is 2.84. The third-order valence-electron chi connectivity index (χ3n) is 3.96. The molecule has 0 aromatic carbocycles. The van der Waals surface area contributed by atoms with E-state index in [0.29, 0.717) is 13.1 Å². The molecule has 0 N–H and O–H groups in total. The van der Waals surface area contributed by atoms with Gasteiger partial charge < -0.3 is 4.90 Å². The van der Waals surface area contributed by atoms with Gasteiger partial charge in [-0.05, 0) is 42.8 Å². The average Bonchev–Trinajstić information content (AvgIpc) is 3.07. The van der Waals surface area contributed by atoms with Crippen molar-refractivity contribution in [2.24, 2.45) is 5.92 Å². The molecule has 0 aliphatic heterocycles. The summed E-state index contributed by atoms with van der Waals surface area (Å²) in [5, 5.41) is 8.90. The van der Waals surface area contributed by atoms with E-state index in [2.05, 4.69) is 26.1 Å². The molecule has 0 spiro atoms. The zero-order valence-corrected chi connectivity index (χ0v) is 16.0. The zero-order valence-electron chi connectivity index (χ0n) is 14.4. The van der Waals surface area contributed by atoms with E-state index in [0.717, 1.165) is 28.1 Å². The molecule has 0 radical (unpaired) electrons. The Morgan fingerprint density at radius 1 is 1.39 bits per heavy atom. The highest BCUT2D eigenvalue weighted by Crippen LogP contribution is 2.21. The molecule has 0 aliphatic rings. The molecule has 0 aliphatic carbocycles. The number of aryl methyl sites for hydroxylation is 2. The molecule has 2 aromatic heterocycles. The highest BCUT2D eigenvalue weighted by Gasteiger charge is 2.21. The van der Waals surface area contributed by atoms with Crippen molar-refractivity contribution in [1.29, 1.82) is 0 Å². The molecule has 1 unspecified atom stereocenters. The summed E-state index contributed by atoms with van der Waals surface area (Å²) >= 11 is 3.52. The van der Waals surface area contributed by atoms with Crippen LogP contribution in [0.5, 0.6) is 0 Å². The first-order valence-corrected chi connectivity index (χ1v) is 8.59. The Morgan fingerprint density at radius 3 is 2.61 bits per heavy atom. The minimum atomic E-state index is -0.141. The van der Waals surface area contributed by atoms with Crippen LogP contribution in [0.4, 0.5) is 0 Å². The van der Waals surface area contributed by atoms with E-state index in [1.54, 1.807) is 4.90 Å². The highest BCUT2D eigenvalue weighted by molar-refractivity contribution is 9.10. The Morgan fingerprint density at radius 2 is 2.09 bits per heavy atom. The van der Waals surface area contributed by atoms with Crippen molar-refractivity contribution in [2.45, 2.75) is 47.3 Å². The van der Waals surface area contributed by atoms with E-state index >= 15 is 0 Å². The normalized spacial score (nSPS) is 12.4. The Hall–Kier alpha value is -1.63. The first kappa shape index (κ1) is 17.7. The van der Waals surface area contributed by atoms with Crippen LogP contribution in [0.25, 0.3) is 0 Å². The molecular weight excluding hydrogens is 358 g/mol. The summed E-state index contributed by atoms with van der Waals surface area (Å²) in [5.41, 5.74) is 2.90. The highest BCUT2D eigenvalue weighted by atomic mass is 79.9. The van der Waals surface area contributed by atoms with Crippen LogP contribution < -0.4 is 0 Å². The summed E-state index contributed by atoms with van der Waals surface area (Å²) in [5.74, 6) is -0.0436. The summed E-state index contributed by atoms with van der Waals surface area (Å²) in [4.78, 5) is 14.3. The van der Waals surface area contributed by atoms with Crippen molar-refractivity contribution in [3.63, 3.8) is 0 Å². The van der Waals surface area contributed by atoms with Gasteiger partial charge in [0.05, 0.1) is 34.9 Å². The Labute approximate surface area is 145 Å². The minimum absolute atomic E-state index is 0.0970. The summed E-state index contributed by atoms with van der Waals surface area (Å²) in [6, 6.07) is 1.95. The third kappa shape index (κ3) is 4.02. The number of carbonyl (C=O) groups is 1. The van der Waals surface area contributed by atoms with Crippen LogP contribution in [0.15, 0.2) is 16.7 Å². The number of amides is 1. The molecule has 23 heavy (non-hydrogen) atoms. The van der Waals surface area contributed by atoms with Crippen LogP contribution in [0.1, 0.15) is 30.9 Å². The number of carbonyl (C=O) groups excluding carboxylic acids is 1. The molecule has 6 nitrogen and oxygen atoms in total. The van der Waals surface area contributed by atoms with Crippen LogP contribution in [-0.2, 0) is 24.4 Å². The quantitative estimate of drug-likeness (QED) is 0.772. The maximum Gasteiger partial charge on any atom is 0.227 e. The lowest BCUT2D eigenvalue weighted by Gasteiger charge is -2.21. The maximum absolute atomic E-state index is 12.6. The van der Waals surface area contributed by atoms with E-state index < -0.39 is 0 Å². The van der Waals surface area contributed by atoms with Gasteiger partial charge in [-0.2, -0.15) is 10.2 Å². The molecule has 126 valence electrons. The van der Waals surface area contributed by atoms with Gasteiger partial charge >= 0.3 is 0 Å². The van der Waals surface area contributed by atoms with Crippen LogP contribution in [0, 0.1) is 19.8 Å². The second-order valence-electron chi connectivity index (χ2n) is 5.93. The summed E-state index contributed by atoms with van der Waals surface area (Å²) < 4.78 is 4.77. The molecule has 0 saturated heterocycles. The lowest BCUT2D eigenvalue weighted by Crippen LogP contribution is -2.33. The first-order valence-electron chi connectivity index (χ1n) is 7.80. The molecule has 0 bridgehead atoms. The number of rotatable bonds is 6. The molecule has 0 fully saturated rings. The van der Waals surface area contributed by atoms with Crippen LogP contribution in [0.3, 0.4) is 0 Å². The number of halogens is 1. The predicted molar refractivity (Wildman–Crippen MR) is 92.9 cm³/mol. The lowest BCUT2D eigenvalue weighted by molar-refractivity contribution is -0.134. The largest absolute Gasteiger partial charge is 0.339 e. The van der Waals surface area contributed by atoms with Crippen molar-refractivity contribution in [3.05, 3.63) is 33.8 Å². The second kappa shape index (κ2) is 7.29. The van der Waals surface area contributed by atoms with Crippen molar-refractivity contribution in [1.82, 2.24) is 24.5 Å².